The average Bonchev–Trinajstić information content (AvgIpc) is 3.40. The molecule has 0 aliphatic heterocycles. The summed E-state index contributed by atoms with van der Waals surface area (Å²) in [6.07, 6.45) is 8.44. The van der Waals surface area contributed by atoms with E-state index < -0.39 is 28.9 Å². The highest BCUT2D eigenvalue weighted by Gasteiger charge is 2.71. The zero-order valence-corrected chi connectivity index (χ0v) is 37.9. The zero-order valence-electron chi connectivity index (χ0n) is 35.7. The molecular weight excluding hydrogens is 815 g/mol. The van der Waals surface area contributed by atoms with Crippen molar-refractivity contribution in [2.75, 3.05) is 0 Å². The van der Waals surface area contributed by atoms with Crippen molar-refractivity contribution in [2.24, 2.45) is 56.2 Å². The van der Waals surface area contributed by atoms with Gasteiger partial charge in [-0.15, -0.1) is 0 Å². The predicted molar refractivity (Wildman–Crippen MR) is 228 cm³/mol. The second kappa shape index (κ2) is 15.0. The van der Waals surface area contributed by atoms with Crippen LogP contribution in [0.3, 0.4) is 0 Å². The van der Waals surface area contributed by atoms with Crippen LogP contribution in [0, 0.1) is 59.7 Å². The first kappa shape index (κ1) is 43.1. The maximum absolute atomic E-state index is 14.4. The van der Waals surface area contributed by atoms with E-state index in [1.165, 1.54) is 21.6 Å². The number of allylic oxidation sites excluding steroid dienone is 1. The van der Waals surface area contributed by atoms with Gasteiger partial charge in [0.1, 0.15) is 12.2 Å². The van der Waals surface area contributed by atoms with E-state index in [9.17, 15) is 24.3 Å². The molecule has 1 N–H and O–H groups in total. The number of rotatable bonds is 11. The third kappa shape index (κ3) is 7.05. The lowest BCUT2D eigenvalue weighted by molar-refractivity contribution is -0.235. The molecule has 0 aromatic heterocycles. The Morgan fingerprint density at radius 2 is 1.59 bits per heavy atom. The molecule has 4 saturated carbocycles. The number of benzene rings is 1. The molecule has 0 saturated heterocycles. The van der Waals surface area contributed by atoms with Gasteiger partial charge in [-0.2, -0.15) is 0 Å². The van der Waals surface area contributed by atoms with E-state index in [1.807, 2.05) is 0 Å². The predicted octanol–water partition coefficient (Wildman–Crippen LogP) is 11.1. The smallest absolute Gasteiger partial charge is 0.309 e. The molecule has 0 heterocycles. The normalized spacial score (nSPS) is 35.5. The van der Waals surface area contributed by atoms with E-state index in [4.69, 9.17) is 9.47 Å². The summed E-state index contributed by atoms with van der Waals surface area (Å²) in [5.41, 5.74) is 2.50. The van der Waals surface area contributed by atoms with Crippen LogP contribution in [0.4, 0.5) is 0 Å². The van der Waals surface area contributed by atoms with Crippen molar-refractivity contribution in [3.05, 3.63) is 56.7 Å². The van der Waals surface area contributed by atoms with Crippen LogP contribution in [0.5, 0.6) is 0 Å². The third-order valence-corrected chi connectivity index (χ3v) is 17.3. The van der Waals surface area contributed by atoms with Crippen LogP contribution < -0.4 is 0 Å². The molecule has 8 heteroatoms. The van der Waals surface area contributed by atoms with E-state index in [1.54, 1.807) is 13.8 Å². The molecule has 9 atom stereocenters. The number of carbonyl (C=O) groups is 4. The first-order valence-corrected chi connectivity index (χ1v) is 22.3. The molecule has 5 aliphatic rings. The van der Waals surface area contributed by atoms with Crippen LogP contribution in [0.2, 0.25) is 0 Å². The van der Waals surface area contributed by atoms with E-state index in [-0.39, 0.29) is 57.8 Å². The van der Waals surface area contributed by atoms with Gasteiger partial charge in [0, 0.05) is 34.2 Å². The summed E-state index contributed by atoms with van der Waals surface area (Å²) in [6.45, 7) is 25.6. The Morgan fingerprint density at radius 3 is 2.20 bits per heavy atom. The first-order chi connectivity index (χ1) is 25.9. The maximum atomic E-state index is 14.4. The maximum Gasteiger partial charge on any atom is 0.309 e. The molecule has 56 heavy (non-hydrogen) atoms. The Morgan fingerprint density at radius 1 is 0.929 bits per heavy atom. The highest BCUT2D eigenvalue weighted by Crippen LogP contribution is 2.77. The minimum Gasteiger partial charge on any atom is -0.481 e. The summed E-state index contributed by atoms with van der Waals surface area (Å²) < 4.78 is 13.7. The van der Waals surface area contributed by atoms with E-state index in [2.05, 4.69) is 102 Å². The highest BCUT2D eigenvalue weighted by molar-refractivity contribution is 14.1. The number of hydrogen-bond acceptors (Lipinski definition) is 6. The minimum atomic E-state index is -1.18. The molecule has 0 unspecified atom stereocenters. The molecule has 308 valence electrons. The van der Waals surface area contributed by atoms with Gasteiger partial charge in [-0.05, 0) is 163 Å². The Labute approximate surface area is 349 Å². The van der Waals surface area contributed by atoms with Crippen LogP contribution in [-0.4, -0.2) is 41.0 Å². The Hall–Kier alpha value is -2.49. The summed E-state index contributed by atoms with van der Waals surface area (Å²) in [7, 11) is 0. The number of esters is 2. The Bertz CT molecular complexity index is 1800. The fraction of sp³-hybridized carbons (Fsp3) is 0.708. The molecule has 0 amide bonds. The van der Waals surface area contributed by atoms with E-state index >= 15 is 0 Å². The number of fused-ring (bicyclic) bond motifs is 7. The van der Waals surface area contributed by atoms with Gasteiger partial charge in [-0.3, -0.25) is 19.2 Å². The van der Waals surface area contributed by atoms with Crippen molar-refractivity contribution in [1.29, 1.82) is 0 Å². The van der Waals surface area contributed by atoms with E-state index in [0.29, 0.717) is 31.1 Å². The number of ether oxygens (including phenoxy) is 2. The molecular formula is C48H67IO7. The van der Waals surface area contributed by atoms with Gasteiger partial charge in [0.2, 0.25) is 0 Å². The van der Waals surface area contributed by atoms with Gasteiger partial charge in [0.25, 0.3) is 0 Å². The number of hydrogen-bond donors (Lipinski definition) is 1. The first-order valence-electron chi connectivity index (χ1n) is 21.2. The Balaban J connectivity index is 1.31. The number of Topliss-reactive ketones (excluding diaryl/α,β-unsaturated/α-hetero) is 1. The van der Waals surface area contributed by atoms with Gasteiger partial charge in [0.05, 0.1) is 11.8 Å². The van der Waals surface area contributed by atoms with E-state index in [0.717, 1.165) is 62.5 Å². The summed E-state index contributed by atoms with van der Waals surface area (Å²) in [5, 5.41) is 9.65. The lowest BCUT2D eigenvalue weighted by Crippen LogP contribution is -2.66. The quantitative estimate of drug-likeness (QED) is 0.134. The molecule has 0 radical (unpaired) electrons. The van der Waals surface area contributed by atoms with Crippen LogP contribution >= 0.6 is 22.6 Å². The zero-order chi connectivity index (χ0) is 41.4. The van der Waals surface area contributed by atoms with Crippen LogP contribution in [0.15, 0.2) is 47.6 Å². The molecule has 0 spiro atoms. The fourth-order valence-corrected chi connectivity index (χ4v) is 14.0. The summed E-state index contributed by atoms with van der Waals surface area (Å²) in [4.78, 5) is 52.2. The SMILES string of the molecule is C=C(Cc1ccc(I)cc1)C[C@@H](OC(C)=O)[C@@]12CC[C@]3(C)[C@H](CC[C@@H]4[C@@]5(C)CC[C@H](OC(=O)CC(C)(C)C(=O)O)C(C)(C)[C@@H]5CC[C@]43C)C1=C(C(C)C)C(=O)C2. The highest BCUT2D eigenvalue weighted by atomic mass is 127. The van der Waals surface area contributed by atoms with Gasteiger partial charge in [-0.25, -0.2) is 0 Å². The van der Waals surface area contributed by atoms with Crippen LogP contribution in [-0.2, 0) is 35.1 Å². The standard InChI is InChI=1S/C48H67IO7/c1-28(2)40-34(51)26-48(38(55-30(4)50)25-29(3)24-31-12-14-32(49)15-13-31)23-22-46(10)33(41(40)48)16-17-36-45(9)20-19-37(56-39(52)27-43(5,6)42(53)54)44(7,8)35(45)18-21-47(36,46)11/h12-15,28,33,35-38H,3,16-27H2,1-2,4-11H3,(H,53,54)/t33-,35+,36-,37+,38-,45+,46-,47-,48+/m1/s1. The average molecular weight is 883 g/mol. The largest absolute Gasteiger partial charge is 0.481 e. The molecule has 1 aromatic rings. The number of carboxylic acids is 1. The second-order valence-electron chi connectivity index (χ2n) is 20.9. The molecule has 0 bridgehead atoms. The van der Waals surface area contributed by atoms with Crippen molar-refractivity contribution in [1.82, 2.24) is 0 Å². The number of carboxylic acid groups (broad SMARTS) is 1. The van der Waals surface area contributed by atoms with Crippen LogP contribution in [0.1, 0.15) is 145 Å². The fourth-order valence-electron chi connectivity index (χ4n) is 13.7. The number of ketones is 1. The second-order valence-corrected chi connectivity index (χ2v) is 22.2. The van der Waals surface area contributed by atoms with Gasteiger partial charge in [-0.1, -0.05) is 72.8 Å². The molecule has 5 aliphatic carbocycles. The molecule has 6 rings (SSSR count). The Kier molecular flexibility index (Phi) is 11.5. The number of aliphatic carboxylic acids is 1. The van der Waals surface area contributed by atoms with Crippen molar-refractivity contribution in [2.45, 2.75) is 158 Å². The van der Waals surface area contributed by atoms with Gasteiger partial charge < -0.3 is 14.6 Å². The summed E-state index contributed by atoms with van der Waals surface area (Å²) >= 11 is 2.32. The van der Waals surface area contributed by atoms with Crippen molar-refractivity contribution in [3.8, 4) is 0 Å². The molecule has 1 aromatic carbocycles. The number of carbonyl (C=O) groups excluding carboxylic acids is 3. The minimum absolute atomic E-state index is 0.0184. The monoisotopic (exact) mass is 882 g/mol. The molecule has 4 fully saturated rings. The molecule has 7 nitrogen and oxygen atoms in total. The van der Waals surface area contributed by atoms with Crippen LogP contribution in [0.25, 0.3) is 0 Å². The third-order valence-electron chi connectivity index (χ3n) is 16.6. The summed E-state index contributed by atoms with van der Waals surface area (Å²) in [6, 6.07) is 8.49. The topological polar surface area (TPSA) is 107 Å². The van der Waals surface area contributed by atoms with Crippen molar-refractivity contribution >= 4 is 46.3 Å². The van der Waals surface area contributed by atoms with Crippen molar-refractivity contribution < 1.29 is 33.8 Å². The van der Waals surface area contributed by atoms with Gasteiger partial charge >= 0.3 is 17.9 Å². The van der Waals surface area contributed by atoms with Gasteiger partial charge in [0.15, 0.2) is 5.78 Å². The lowest BCUT2D eigenvalue weighted by atomic mass is 9.33. The number of halogens is 1. The summed E-state index contributed by atoms with van der Waals surface area (Å²) in [5.74, 6) is -0.401. The lowest BCUT2D eigenvalue weighted by Gasteiger charge is -2.72. The van der Waals surface area contributed by atoms with Crippen molar-refractivity contribution in [3.63, 3.8) is 0 Å².